The number of aromatic nitrogens is 4. The first-order valence-corrected chi connectivity index (χ1v) is 8.94. The molecule has 0 unspecified atom stereocenters. The van der Waals surface area contributed by atoms with Crippen LogP contribution in [0.1, 0.15) is 29.2 Å². The van der Waals surface area contributed by atoms with E-state index >= 15 is 0 Å². The first kappa shape index (κ1) is 15.1. The Morgan fingerprint density at radius 3 is 2.69 bits per heavy atom. The fourth-order valence-electron chi connectivity index (χ4n) is 3.92. The standard InChI is InChI=1S/C20H19N5O/c26-20(14-4-2-1-3-5-14)24-10-7-15(8-11-24)25-13-23-17-12-22-19-16(18(17)25)6-9-21-19/h1-6,9,12-13,15H,7-8,10-11H2,(H,21,22). The Morgan fingerprint density at radius 1 is 1.08 bits per heavy atom. The number of rotatable bonds is 2. The van der Waals surface area contributed by atoms with Gasteiger partial charge < -0.3 is 14.5 Å². The SMILES string of the molecule is O=C(c1ccccc1)N1CCC(n2cnc3cnc4[nH]ccc4c32)CC1. The Kier molecular flexibility index (Phi) is 3.48. The molecule has 1 aliphatic heterocycles. The Morgan fingerprint density at radius 2 is 1.88 bits per heavy atom. The van der Waals surface area contributed by atoms with Gasteiger partial charge >= 0.3 is 0 Å². The number of imidazole rings is 1. The van der Waals surface area contributed by atoms with Gasteiger partial charge in [-0.05, 0) is 31.0 Å². The van der Waals surface area contributed by atoms with Gasteiger partial charge in [-0.15, -0.1) is 0 Å². The molecule has 1 aliphatic rings. The highest BCUT2D eigenvalue weighted by atomic mass is 16.2. The first-order chi connectivity index (χ1) is 12.8. The molecule has 1 saturated heterocycles. The number of carbonyl (C=O) groups is 1. The van der Waals surface area contributed by atoms with Crippen LogP contribution >= 0.6 is 0 Å². The van der Waals surface area contributed by atoms with Crippen molar-refractivity contribution in [2.75, 3.05) is 13.1 Å². The van der Waals surface area contributed by atoms with E-state index < -0.39 is 0 Å². The highest BCUT2D eigenvalue weighted by Crippen LogP contribution is 2.30. The fraction of sp³-hybridized carbons (Fsp3) is 0.250. The Bertz CT molecular complexity index is 1070. The summed E-state index contributed by atoms with van der Waals surface area (Å²) in [4.78, 5) is 26.7. The van der Waals surface area contributed by atoms with E-state index in [1.807, 2.05) is 54.0 Å². The molecule has 1 aromatic carbocycles. The lowest BCUT2D eigenvalue weighted by Crippen LogP contribution is -2.39. The number of piperidine rings is 1. The van der Waals surface area contributed by atoms with Crippen molar-refractivity contribution in [3.63, 3.8) is 0 Å². The van der Waals surface area contributed by atoms with Crippen molar-refractivity contribution in [3.8, 4) is 0 Å². The minimum Gasteiger partial charge on any atom is -0.346 e. The molecule has 0 spiro atoms. The molecule has 1 amide bonds. The van der Waals surface area contributed by atoms with E-state index in [4.69, 9.17) is 0 Å². The molecule has 0 bridgehead atoms. The van der Waals surface area contributed by atoms with Crippen LogP contribution in [0.15, 0.2) is 55.1 Å². The Labute approximate surface area is 150 Å². The second-order valence-corrected chi connectivity index (χ2v) is 6.77. The molecule has 0 radical (unpaired) electrons. The van der Waals surface area contributed by atoms with Crippen LogP contribution in [0.25, 0.3) is 22.1 Å². The van der Waals surface area contributed by atoms with Crippen LogP contribution in [0.2, 0.25) is 0 Å². The number of H-pyrrole nitrogens is 1. The quantitative estimate of drug-likeness (QED) is 0.605. The summed E-state index contributed by atoms with van der Waals surface area (Å²) in [5, 5.41) is 1.10. The predicted octanol–water partition coefficient (Wildman–Crippen LogP) is 3.39. The van der Waals surface area contributed by atoms with Gasteiger partial charge in [-0.2, -0.15) is 0 Å². The number of hydrogen-bond donors (Lipinski definition) is 1. The van der Waals surface area contributed by atoms with Crippen LogP contribution in [0.4, 0.5) is 0 Å². The number of fused-ring (bicyclic) bond motifs is 3. The molecule has 0 saturated carbocycles. The molecule has 6 nitrogen and oxygen atoms in total. The van der Waals surface area contributed by atoms with Crippen molar-refractivity contribution >= 4 is 28.0 Å². The number of carbonyl (C=O) groups excluding carboxylic acids is 1. The third-order valence-electron chi connectivity index (χ3n) is 5.28. The van der Waals surface area contributed by atoms with Gasteiger partial charge in [-0.3, -0.25) is 4.79 Å². The maximum absolute atomic E-state index is 12.6. The van der Waals surface area contributed by atoms with Crippen molar-refractivity contribution in [2.24, 2.45) is 0 Å². The lowest BCUT2D eigenvalue weighted by molar-refractivity contribution is 0.0696. The van der Waals surface area contributed by atoms with E-state index in [-0.39, 0.29) is 5.91 Å². The lowest BCUT2D eigenvalue weighted by Gasteiger charge is -2.33. The van der Waals surface area contributed by atoms with Crippen LogP contribution in [0.5, 0.6) is 0 Å². The average molecular weight is 345 g/mol. The second-order valence-electron chi connectivity index (χ2n) is 6.77. The number of likely N-dealkylation sites (tertiary alicyclic amines) is 1. The van der Waals surface area contributed by atoms with Gasteiger partial charge in [0.2, 0.25) is 0 Å². The predicted molar refractivity (Wildman–Crippen MR) is 100 cm³/mol. The largest absolute Gasteiger partial charge is 0.346 e. The molecule has 6 heteroatoms. The van der Waals surface area contributed by atoms with E-state index in [1.54, 1.807) is 0 Å². The lowest BCUT2D eigenvalue weighted by atomic mass is 10.0. The van der Waals surface area contributed by atoms with Gasteiger partial charge in [0.05, 0.1) is 18.0 Å². The molecule has 3 aromatic heterocycles. The van der Waals surface area contributed by atoms with Crippen molar-refractivity contribution in [3.05, 3.63) is 60.7 Å². The normalized spacial score (nSPS) is 15.8. The maximum Gasteiger partial charge on any atom is 0.253 e. The summed E-state index contributed by atoms with van der Waals surface area (Å²) >= 11 is 0. The number of nitrogens with one attached hydrogen (secondary N) is 1. The molecule has 0 atom stereocenters. The van der Waals surface area contributed by atoms with Crippen molar-refractivity contribution in [2.45, 2.75) is 18.9 Å². The number of aromatic amines is 1. The molecular weight excluding hydrogens is 326 g/mol. The topological polar surface area (TPSA) is 66.8 Å². The molecule has 26 heavy (non-hydrogen) atoms. The van der Waals surface area contributed by atoms with Gasteiger partial charge in [-0.1, -0.05) is 18.2 Å². The molecular formula is C20H19N5O. The van der Waals surface area contributed by atoms with Crippen LogP contribution in [0, 0.1) is 0 Å². The number of pyridine rings is 1. The van der Waals surface area contributed by atoms with Crippen LogP contribution in [-0.4, -0.2) is 43.4 Å². The monoisotopic (exact) mass is 345 g/mol. The molecule has 5 rings (SSSR count). The Balaban J connectivity index is 1.40. The van der Waals surface area contributed by atoms with Gasteiger partial charge in [0.1, 0.15) is 11.2 Å². The summed E-state index contributed by atoms with van der Waals surface area (Å²) in [6.07, 6.45) is 7.50. The molecule has 1 N–H and O–H groups in total. The second kappa shape index (κ2) is 5.98. The number of benzene rings is 1. The van der Waals surface area contributed by atoms with Crippen LogP contribution in [0.3, 0.4) is 0 Å². The zero-order valence-corrected chi connectivity index (χ0v) is 14.3. The summed E-state index contributed by atoms with van der Waals surface area (Å²) < 4.78 is 2.26. The van der Waals surface area contributed by atoms with E-state index in [0.717, 1.165) is 53.6 Å². The van der Waals surface area contributed by atoms with Gasteiger partial charge in [0.15, 0.2) is 0 Å². The smallest absolute Gasteiger partial charge is 0.253 e. The molecule has 0 aliphatic carbocycles. The van der Waals surface area contributed by atoms with E-state index in [0.29, 0.717) is 6.04 Å². The van der Waals surface area contributed by atoms with Gasteiger partial charge in [-0.25, -0.2) is 9.97 Å². The molecule has 130 valence electrons. The highest BCUT2D eigenvalue weighted by Gasteiger charge is 2.26. The number of nitrogens with zero attached hydrogens (tertiary/aromatic N) is 4. The van der Waals surface area contributed by atoms with Crippen molar-refractivity contribution in [1.29, 1.82) is 0 Å². The number of hydrogen-bond acceptors (Lipinski definition) is 3. The Hall–Kier alpha value is -3.15. The first-order valence-electron chi connectivity index (χ1n) is 8.94. The summed E-state index contributed by atoms with van der Waals surface area (Å²) in [6.45, 7) is 1.53. The maximum atomic E-state index is 12.6. The minimum absolute atomic E-state index is 0.122. The third kappa shape index (κ3) is 2.37. The molecule has 1 fully saturated rings. The zero-order valence-electron chi connectivity index (χ0n) is 14.3. The number of amides is 1. The van der Waals surface area contributed by atoms with Crippen LogP contribution in [-0.2, 0) is 0 Å². The van der Waals surface area contributed by atoms with E-state index in [9.17, 15) is 4.79 Å². The van der Waals surface area contributed by atoms with Crippen molar-refractivity contribution < 1.29 is 4.79 Å². The fourth-order valence-corrected chi connectivity index (χ4v) is 3.92. The summed E-state index contributed by atoms with van der Waals surface area (Å²) in [6, 6.07) is 11.9. The van der Waals surface area contributed by atoms with Crippen molar-refractivity contribution in [1.82, 2.24) is 24.4 Å². The van der Waals surface area contributed by atoms with Gasteiger partial charge in [0, 0.05) is 36.3 Å². The van der Waals surface area contributed by atoms with Gasteiger partial charge in [0.25, 0.3) is 5.91 Å². The zero-order chi connectivity index (χ0) is 17.5. The van der Waals surface area contributed by atoms with E-state index in [1.165, 1.54) is 0 Å². The van der Waals surface area contributed by atoms with E-state index in [2.05, 4.69) is 25.6 Å². The molecule has 4 heterocycles. The molecule has 4 aromatic rings. The highest BCUT2D eigenvalue weighted by molar-refractivity contribution is 6.01. The third-order valence-corrected chi connectivity index (χ3v) is 5.28. The van der Waals surface area contributed by atoms with Crippen LogP contribution < -0.4 is 0 Å². The average Bonchev–Trinajstić information content (AvgIpc) is 3.34. The summed E-state index contributed by atoms with van der Waals surface area (Å²) in [5.74, 6) is 0.122. The summed E-state index contributed by atoms with van der Waals surface area (Å²) in [5.41, 5.74) is 3.69. The minimum atomic E-state index is 0.122. The summed E-state index contributed by atoms with van der Waals surface area (Å²) in [7, 11) is 0.